The number of nitrogens with zero attached hydrogens (tertiary/aromatic N) is 2. The second-order valence-corrected chi connectivity index (χ2v) is 6.49. The minimum atomic E-state index is -0.427. The Morgan fingerprint density at radius 3 is 3.05 bits per heavy atom. The summed E-state index contributed by atoms with van der Waals surface area (Å²) in [4.78, 5) is 16.3. The molecule has 1 amide bonds. The molecule has 1 saturated heterocycles. The lowest BCUT2D eigenvalue weighted by molar-refractivity contribution is -0.134. The number of carbonyl (C=O) groups excluding carboxylic acids is 1. The number of rotatable bonds is 2. The van der Waals surface area contributed by atoms with Crippen LogP contribution in [0.3, 0.4) is 0 Å². The van der Waals surface area contributed by atoms with Gasteiger partial charge in [-0.3, -0.25) is 4.79 Å². The number of amides is 1. The summed E-state index contributed by atoms with van der Waals surface area (Å²) in [7, 11) is 0. The summed E-state index contributed by atoms with van der Waals surface area (Å²) in [6.07, 6.45) is 0.419. The molecule has 2 aliphatic heterocycles. The van der Waals surface area contributed by atoms with Crippen LogP contribution in [0.5, 0.6) is 5.75 Å². The van der Waals surface area contributed by atoms with Crippen molar-refractivity contribution in [3.63, 3.8) is 0 Å². The fraction of sp³-hybridized carbons (Fsp3) is 0.562. The second kappa shape index (κ2) is 6.34. The maximum Gasteiger partial charge on any atom is 0.242 e. The SMILES string of the molecule is CC1CCN(C(=O)CN2CCOc3ccc(Cl)cc32)CC1O. The van der Waals surface area contributed by atoms with Crippen molar-refractivity contribution < 1.29 is 14.6 Å². The molecule has 0 saturated carbocycles. The molecule has 2 heterocycles. The minimum Gasteiger partial charge on any atom is -0.490 e. The van der Waals surface area contributed by atoms with E-state index >= 15 is 0 Å². The molecule has 0 bridgehead atoms. The van der Waals surface area contributed by atoms with Gasteiger partial charge in [0.2, 0.25) is 5.91 Å². The van der Waals surface area contributed by atoms with E-state index in [1.807, 2.05) is 24.0 Å². The Morgan fingerprint density at radius 1 is 1.45 bits per heavy atom. The lowest BCUT2D eigenvalue weighted by Crippen LogP contribution is -2.50. The summed E-state index contributed by atoms with van der Waals surface area (Å²) in [5.74, 6) is 1.06. The summed E-state index contributed by atoms with van der Waals surface area (Å²) < 4.78 is 5.60. The molecule has 0 radical (unpaired) electrons. The van der Waals surface area contributed by atoms with Crippen molar-refractivity contribution in [2.24, 2.45) is 5.92 Å². The molecule has 0 aromatic heterocycles. The number of benzene rings is 1. The fourth-order valence-electron chi connectivity index (χ4n) is 2.95. The van der Waals surface area contributed by atoms with Gasteiger partial charge in [0.25, 0.3) is 0 Å². The molecular formula is C16H21ClN2O3. The number of halogens is 1. The molecule has 1 N–H and O–H groups in total. The van der Waals surface area contributed by atoms with Gasteiger partial charge in [0.1, 0.15) is 12.4 Å². The van der Waals surface area contributed by atoms with E-state index in [0.717, 1.165) is 17.9 Å². The molecule has 1 fully saturated rings. The van der Waals surface area contributed by atoms with Gasteiger partial charge in [-0.25, -0.2) is 0 Å². The van der Waals surface area contributed by atoms with Gasteiger partial charge < -0.3 is 19.6 Å². The zero-order chi connectivity index (χ0) is 15.7. The Hall–Kier alpha value is -1.46. The summed E-state index contributed by atoms with van der Waals surface area (Å²) in [5, 5.41) is 10.6. The fourth-order valence-corrected chi connectivity index (χ4v) is 3.12. The molecule has 0 spiro atoms. The number of likely N-dealkylation sites (tertiary alicyclic amines) is 1. The number of piperidine rings is 1. The Labute approximate surface area is 135 Å². The first-order valence-electron chi connectivity index (χ1n) is 7.67. The van der Waals surface area contributed by atoms with Crippen LogP contribution in [-0.2, 0) is 4.79 Å². The van der Waals surface area contributed by atoms with Crippen LogP contribution >= 0.6 is 11.6 Å². The van der Waals surface area contributed by atoms with Crippen molar-refractivity contribution >= 4 is 23.2 Å². The highest BCUT2D eigenvalue weighted by Crippen LogP contribution is 2.34. The van der Waals surface area contributed by atoms with Crippen LogP contribution in [0.2, 0.25) is 5.02 Å². The lowest BCUT2D eigenvalue weighted by Gasteiger charge is -2.37. The molecule has 3 rings (SSSR count). The van der Waals surface area contributed by atoms with Crippen LogP contribution in [0, 0.1) is 5.92 Å². The average molecular weight is 325 g/mol. The van der Waals surface area contributed by atoms with Gasteiger partial charge in [-0.2, -0.15) is 0 Å². The third-order valence-corrected chi connectivity index (χ3v) is 4.71. The number of ether oxygens (including phenoxy) is 1. The second-order valence-electron chi connectivity index (χ2n) is 6.06. The number of hydrogen-bond acceptors (Lipinski definition) is 4. The highest BCUT2D eigenvalue weighted by molar-refractivity contribution is 6.31. The van der Waals surface area contributed by atoms with E-state index < -0.39 is 6.10 Å². The number of aliphatic hydroxyl groups excluding tert-OH is 1. The number of fused-ring (bicyclic) bond motifs is 1. The smallest absolute Gasteiger partial charge is 0.242 e. The van der Waals surface area contributed by atoms with E-state index in [1.165, 1.54) is 0 Å². The predicted octanol–water partition coefficient (Wildman–Crippen LogP) is 1.77. The standard InChI is InChI=1S/C16H21ClN2O3/c1-11-4-5-19(9-14(11)20)16(21)10-18-6-7-22-15-3-2-12(17)8-13(15)18/h2-3,8,11,14,20H,4-7,9-10H2,1H3. The largest absolute Gasteiger partial charge is 0.490 e. The maximum absolute atomic E-state index is 12.5. The van der Waals surface area contributed by atoms with Gasteiger partial charge in [-0.1, -0.05) is 18.5 Å². The third-order valence-electron chi connectivity index (χ3n) is 4.48. The van der Waals surface area contributed by atoms with E-state index in [-0.39, 0.29) is 18.4 Å². The maximum atomic E-state index is 12.5. The summed E-state index contributed by atoms with van der Waals surface area (Å²) in [6.45, 7) is 4.66. The first-order chi connectivity index (χ1) is 10.5. The van der Waals surface area contributed by atoms with Gasteiger partial charge in [0, 0.05) is 18.1 Å². The van der Waals surface area contributed by atoms with E-state index in [9.17, 15) is 9.90 Å². The molecule has 1 aromatic carbocycles. The Kier molecular flexibility index (Phi) is 4.45. The number of carbonyl (C=O) groups is 1. The molecule has 1 aromatic rings. The van der Waals surface area contributed by atoms with Crippen LogP contribution in [0.15, 0.2) is 18.2 Å². The van der Waals surface area contributed by atoms with Gasteiger partial charge >= 0.3 is 0 Å². The zero-order valence-electron chi connectivity index (χ0n) is 12.7. The summed E-state index contributed by atoms with van der Waals surface area (Å²) >= 11 is 6.05. The molecule has 2 unspecified atom stereocenters. The molecule has 120 valence electrons. The molecule has 0 aliphatic carbocycles. The first kappa shape index (κ1) is 15.4. The monoisotopic (exact) mass is 324 g/mol. The highest BCUT2D eigenvalue weighted by Gasteiger charge is 2.29. The summed E-state index contributed by atoms with van der Waals surface area (Å²) in [5.41, 5.74) is 0.859. The molecule has 2 atom stereocenters. The molecule has 2 aliphatic rings. The topological polar surface area (TPSA) is 53.0 Å². The quantitative estimate of drug-likeness (QED) is 0.901. The molecule has 22 heavy (non-hydrogen) atoms. The van der Waals surface area contributed by atoms with Crippen LogP contribution in [-0.4, -0.2) is 54.8 Å². The van der Waals surface area contributed by atoms with Crippen molar-refractivity contribution in [1.82, 2.24) is 4.90 Å². The van der Waals surface area contributed by atoms with Gasteiger partial charge in [0.05, 0.1) is 24.9 Å². The molecular weight excluding hydrogens is 304 g/mol. The van der Waals surface area contributed by atoms with Gasteiger partial charge in [0.15, 0.2) is 0 Å². The Morgan fingerprint density at radius 2 is 2.27 bits per heavy atom. The van der Waals surface area contributed by atoms with Crippen molar-refractivity contribution in [2.45, 2.75) is 19.4 Å². The van der Waals surface area contributed by atoms with Gasteiger partial charge in [-0.15, -0.1) is 0 Å². The van der Waals surface area contributed by atoms with E-state index in [1.54, 1.807) is 11.0 Å². The molecule has 5 nitrogen and oxygen atoms in total. The number of hydrogen-bond donors (Lipinski definition) is 1. The number of aliphatic hydroxyl groups is 1. The van der Waals surface area contributed by atoms with E-state index in [0.29, 0.717) is 31.3 Å². The van der Waals surface area contributed by atoms with Crippen molar-refractivity contribution in [3.8, 4) is 5.75 Å². The number of anilines is 1. The van der Waals surface area contributed by atoms with Crippen molar-refractivity contribution in [1.29, 1.82) is 0 Å². The van der Waals surface area contributed by atoms with Crippen LogP contribution in [0.25, 0.3) is 0 Å². The van der Waals surface area contributed by atoms with E-state index in [2.05, 4.69) is 0 Å². The first-order valence-corrected chi connectivity index (χ1v) is 8.05. The van der Waals surface area contributed by atoms with Crippen molar-refractivity contribution in [3.05, 3.63) is 23.2 Å². The third kappa shape index (κ3) is 3.15. The zero-order valence-corrected chi connectivity index (χ0v) is 13.4. The van der Waals surface area contributed by atoms with Crippen LogP contribution in [0.1, 0.15) is 13.3 Å². The highest BCUT2D eigenvalue weighted by atomic mass is 35.5. The van der Waals surface area contributed by atoms with E-state index in [4.69, 9.17) is 16.3 Å². The lowest BCUT2D eigenvalue weighted by atomic mass is 9.96. The van der Waals surface area contributed by atoms with Crippen LogP contribution < -0.4 is 9.64 Å². The average Bonchev–Trinajstić information content (AvgIpc) is 2.50. The van der Waals surface area contributed by atoms with Crippen LogP contribution in [0.4, 0.5) is 5.69 Å². The van der Waals surface area contributed by atoms with Gasteiger partial charge in [-0.05, 0) is 30.5 Å². The normalized spacial score (nSPS) is 24.7. The molecule has 6 heteroatoms. The summed E-state index contributed by atoms with van der Waals surface area (Å²) in [6, 6.07) is 5.45. The minimum absolute atomic E-state index is 0.0405. The number of β-amino-alcohol motifs (C(OH)–C–C–N with tert-alkyl or cyclic N) is 1. The predicted molar refractivity (Wildman–Crippen MR) is 85.5 cm³/mol. The van der Waals surface area contributed by atoms with Crippen molar-refractivity contribution in [2.75, 3.05) is 37.7 Å². The Bertz CT molecular complexity index is 566. The Balaban J connectivity index is 1.69.